The van der Waals surface area contributed by atoms with Gasteiger partial charge in [-0.15, -0.1) is 11.8 Å². The number of benzene rings is 1. The number of non-ortho nitro benzene ring substituents is 1. The van der Waals surface area contributed by atoms with E-state index in [0.717, 1.165) is 0 Å². The van der Waals surface area contributed by atoms with Crippen molar-refractivity contribution in [3.05, 3.63) is 39.9 Å². The Morgan fingerprint density at radius 2 is 2.04 bits per heavy atom. The van der Waals surface area contributed by atoms with Gasteiger partial charge in [0.1, 0.15) is 23.0 Å². The van der Waals surface area contributed by atoms with Gasteiger partial charge in [-0.05, 0) is 25.3 Å². The molecule has 25 heavy (non-hydrogen) atoms. The van der Waals surface area contributed by atoms with Crippen molar-refractivity contribution >= 4 is 29.2 Å². The topological polar surface area (TPSA) is 123 Å². The van der Waals surface area contributed by atoms with Gasteiger partial charge < -0.3 is 15.2 Å². The van der Waals surface area contributed by atoms with E-state index in [-0.39, 0.29) is 23.7 Å². The second-order valence-corrected chi connectivity index (χ2v) is 5.58. The molecule has 9 nitrogen and oxygen atoms in total. The SMILES string of the molecule is CCOCCOC(=O)c1c(SC)nn(-c2ccc([N+](=O)[O-])cc2)c1N. The normalized spacial score (nSPS) is 10.6. The monoisotopic (exact) mass is 366 g/mol. The number of carbonyl (C=O) groups is 1. The summed E-state index contributed by atoms with van der Waals surface area (Å²) in [4.78, 5) is 22.5. The largest absolute Gasteiger partial charge is 0.459 e. The maximum absolute atomic E-state index is 12.3. The maximum Gasteiger partial charge on any atom is 0.344 e. The highest BCUT2D eigenvalue weighted by Gasteiger charge is 2.24. The zero-order chi connectivity index (χ0) is 18.4. The molecule has 1 heterocycles. The number of hydrogen-bond donors (Lipinski definition) is 1. The van der Waals surface area contributed by atoms with Gasteiger partial charge in [0, 0.05) is 18.7 Å². The quantitative estimate of drug-likeness (QED) is 0.248. The van der Waals surface area contributed by atoms with Crippen molar-refractivity contribution in [3.63, 3.8) is 0 Å². The van der Waals surface area contributed by atoms with E-state index in [2.05, 4.69) is 5.10 Å². The molecule has 0 radical (unpaired) electrons. The fraction of sp³-hybridized carbons (Fsp3) is 0.333. The molecule has 0 bridgehead atoms. The smallest absolute Gasteiger partial charge is 0.344 e. The number of thioether (sulfide) groups is 1. The van der Waals surface area contributed by atoms with Crippen molar-refractivity contribution in [1.82, 2.24) is 9.78 Å². The van der Waals surface area contributed by atoms with E-state index in [9.17, 15) is 14.9 Å². The molecule has 0 unspecified atom stereocenters. The molecule has 134 valence electrons. The highest BCUT2D eigenvalue weighted by Crippen LogP contribution is 2.28. The van der Waals surface area contributed by atoms with Crippen molar-refractivity contribution in [2.45, 2.75) is 11.9 Å². The lowest BCUT2D eigenvalue weighted by molar-refractivity contribution is -0.384. The van der Waals surface area contributed by atoms with Gasteiger partial charge in [0.05, 0.1) is 17.2 Å². The average Bonchev–Trinajstić information content (AvgIpc) is 2.95. The van der Waals surface area contributed by atoms with Crippen LogP contribution in [0.3, 0.4) is 0 Å². The zero-order valence-electron chi connectivity index (χ0n) is 13.8. The third kappa shape index (κ3) is 4.28. The molecule has 10 heteroatoms. The molecule has 2 N–H and O–H groups in total. The molecule has 2 aromatic rings. The summed E-state index contributed by atoms with van der Waals surface area (Å²) in [5.41, 5.74) is 6.69. The minimum atomic E-state index is -0.588. The molecule has 0 aliphatic carbocycles. The zero-order valence-corrected chi connectivity index (χ0v) is 14.6. The Morgan fingerprint density at radius 3 is 2.60 bits per heavy atom. The van der Waals surface area contributed by atoms with E-state index >= 15 is 0 Å². The number of aromatic nitrogens is 2. The molecule has 0 aliphatic rings. The molecule has 0 atom stereocenters. The first-order valence-electron chi connectivity index (χ1n) is 7.41. The second kappa shape index (κ2) is 8.49. The first kappa shape index (κ1) is 18.7. The number of ether oxygens (including phenoxy) is 2. The third-order valence-corrected chi connectivity index (χ3v) is 3.93. The minimum absolute atomic E-state index is 0.0462. The van der Waals surface area contributed by atoms with Gasteiger partial charge >= 0.3 is 5.97 Å². The number of nitro groups is 1. The van der Waals surface area contributed by atoms with Gasteiger partial charge in [-0.2, -0.15) is 5.10 Å². The fourth-order valence-corrected chi connectivity index (χ4v) is 2.62. The summed E-state index contributed by atoms with van der Waals surface area (Å²) in [5, 5.41) is 15.4. The number of carbonyl (C=O) groups excluding carboxylic acids is 1. The Morgan fingerprint density at radius 1 is 1.36 bits per heavy atom. The lowest BCUT2D eigenvalue weighted by Crippen LogP contribution is -2.13. The molecule has 0 spiro atoms. The summed E-state index contributed by atoms with van der Waals surface area (Å²) >= 11 is 1.25. The van der Waals surface area contributed by atoms with Crippen LogP contribution in [0.25, 0.3) is 5.69 Å². The van der Waals surface area contributed by atoms with Gasteiger partial charge in [0.15, 0.2) is 0 Å². The lowest BCUT2D eigenvalue weighted by Gasteiger charge is -2.06. The number of nitrogens with zero attached hydrogens (tertiary/aromatic N) is 3. The molecule has 2 rings (SSSR count). The van der Waals surface area contributed by atoms with Crippen LogP contribution >= 0.6 is 11.8 Å². The summed E-state index contributed by atoms with van der Waals surface area (Å²) in [6, 6.07) is 5.70. The van der Waals surface area contributed by atoms with Crippen LogP contribution in [0.2, 0.25) is 0 Å². The van der Waals surface area contributed by atoms with E-state index in [1.807, 2.05) is 6.92 Å². The van der Waals surface area contributed by atoms with Crippen LogP contribution in [0.1, 0.15) is 17.3 Å². The van der Waals surface area contributed by atoms with Gasteiger partial charge in [0.25, 0.3) is 5.69 Å². The van der Waals surface area contributed by atoms with Gasteiger partial charge in [-0.25, -0.2) is 9.48 Å². The van der Waals surface area contributed by atoms with Crippen LogP contribution in [0.5, 0.6) is 0 Å². The Labute approximate surface area is 148 Å². The molecule has 0 fully saturated rings. The number of rotatable bonds is 8. The second-order valence-electron chi connectivity index (χ2n) is 4.79. The van der Waals surface area contributed by atoms with E-state index in [0.29, 0.717) is 23.9 Å². The summed E-state index contributed by atoms with van der Waals surface area (Å²) < 4.78 is 11.6. The highest BCUT2D eigenvalue weighted by atomic mass is 32.2. The van der Waals surface area contributed by atoms with E-state index in [4.69, 9.17) is 15.2 Å². The van der Waals surface area contributed by atoms with Crippen LogP contribution in [0.4, 0.5) is 11.5 Å². The first-order chi connectivity index (χ1) is 12.0. The molecule has 1 aromatic carbocycles. The van der Waals surface area contributed by atoms with Crippen LogP contribution in [-0.4, -0.2) is 46.7 Å². The number of esters is 1. The van der Waals surface area contributed by atoms with Crippen molar-refractivity contribution in [1.29, 1.82) is 0 Å². The molecule has 1 aromatic heterocycles. The Balaban J connectivity index is 2.28. The molecule has 0 saturated carbocycles. The van der Waals surface area contributed by atoms with Crippen molar-refractivity contribution in [3.8, 4) is 5.69 Å². The van der Waals surface area contributed by atoms with Gasteiger partial charge in [0.2, 0.25) is 0 Å². The fourth-order valence-electron chi connectivity index (χ4n) is 2.07. The molecule has 0 saturated heterocycles. The van der Waals surface area contributed by atoms with Crippen LogP contribution in [-0.2, 0) is 9.47 Å². The Kier molecular flexibility index (Phi) is 6.37. The first-order valence-corrected chi connectivity index (χ1v) is 8.64. The Bertz CT molecular complexity index is 760. The summed E-state index contributed by atoms with van der Waals surface area (Å²) in [6.45, 7) is 2.80. The van der Waals surface area contributed by atoms with Gasteiger partial charge in [-0.1, -0.05) is 0 Å². The van der Waals surface area contributed by atoms with Gasteiger partial charge in [-0.3, -0.25) is 10.1 Å². The van der Waals surface area contributed by atoms with Crippen LogP contribution in [0, 0.1) is 10.1 Å². The molecule has 0 aliphatic heterocycles. The number of anilines is 1. The summed E-state index contributed by atoms with van der Waals surface area (Å²) in [5.74, 6) is -0.477. The molecular weight excluding hydrogens is 348 g/mol. The maximum atomic E-state index is 12.3. The standard InChI is InChI=1S/C15H18N4O5S/c1-3-23-8-9-24-15(20)12-13(16)18(17-14(12)25-2)10-4-6-11(7-5-10)19(21)22/h4-7H,3,8-9,16H2,1-2H3. The minimum Gasteiger partial charge on any atom is -0.459 e. The van der Waals surface area contributed by atoms with Crippen molar-refractivity contribution in [2.24, 2.45) is 0 Å². The molecular formula is C15H18N4O5S. The number of nitrogens with two attached hydrogens (primary N) is 1. The highest BCUT2D eigenvalue weighted by molar-refractivity contribution is 7.98. The van der Waals surface area contributed by atoms with E-state index in [1.165, 1.54) is 40.7 Å². The predicted octanol–water partition coefficient (Wildman–Crippen LogP) is 2.28. The number of hydrogen-bond acceptors (Lipinski definition) is 8. The lowest BCUT2D eigenvalue weighted by atomic mass is 10.3. The Hall–Kier alpha value is -2.59. The number of nitro benzene ring substituents is 1. The summed E-state index contributed by atoms with van der Waals surface area (Å²) in [6.07, 6.45) is 1.76. The van der Waals surface area contributed by atoms with Crippen LogP contribution in [0.15, 0.2) is 29.3 Å². The number of nitrogen functional groups attached to an aromatic ring is 1. The summed E-state index contributed by atoms with van der Waals surface area (Å²) in [7, 11) is 0. The third-order valence-electron chi connectivity index (χ3n) is 3.26. The van der Waals surface area contributed by atoms with Crippen molar-refractivity contribution in [2.75, 3.05) is 31.8 Å². The molecule has 0 amide bonds. The van der Waals surface area contributed by atoms with E-state index in [1.54, 1.807) is 6.26 Å². The van der Waals surface area contributed by atoms with E-state index < -0.39 is 10.9 Å². The predicted molar refractivity (Wildman–Crippen MR) is 93.2 cm³/mol. The van der Waals surface area contributed by atoms with Crippen LogP contribution < -0.4 is 5.73 Å². The average molecular weight is 366 g/mol. The van der Waals surface area contributed by atoms with Crippen molar-refractivity contribution < 1.29 is 19.2 Å².